The number of rotatable bonds is 4. The molecule has 0 saturated heterocycles. The number of fused-ring (bicyclic) bond motifs is 2. The van der Waals surface area contributed by atoms with Gasteiger partial charge in [-0.3, -0.25) is 4.79 Å². The highest BCUT2D eigenvalue weighted by atomic mass is 32.1. The van der Waals surface area contributed by atoms with Crippen molar-refractivity contribution in [3.63, 3.8) is 0 Å². The molecule has 25 heavy (non-hydrogen) atoms. The van der Waals surface area contributed by atoms with E-state index in [1.807, 2.05) is 30.1 Å². The Morgan fingerprint density at radius 1 is 1.16 bits per heavy atom. The van der Waals surface area contributed by atoms with E-state index in [-0.39, 0.29) is 5.91 Å². The van der Waals surface area contributed by atoms with Crippen LogP contribution in [0, 0.1) is 0 Å². The van der Waals surface area contributed by atoms with Crippen molar-refractivity contribution in [1.29, 1.82) is 0 Å². The number of carbonyl (C=O) groups is 1. The summed E-state index contributed by atoms with van der Waals surface area (Å²) in [6.07, 6.45) is 1.06. The van der Waals surface area contributed by atoms with Crippen molar-refractivity contribution in [2.45, 2.75) is 19.5 Å². The number of nitrogens with zero attached hydrogens (tertiary/aromatic N) is 2. The molecule has 2 heterocycles. The lowest BCUT2D eigenvalue weighted by Gasteiger charge is -2.27. The average Bonchev–Trinajstić information content (AvgIpc) is 3.03. The van der Waals surface area contributed by atoms with Gasteiger partial charge in [-0.05, 0) is 17.7 Å². The van der Waals surface area contributed by atoms with Gasteiger partial charge in [0, 0.05) is 19.0 Å². The molecule has 128 valence electrons. The molecule has 5 heteroatoms. The van der Waals surface area contributed by atoms with Gasteiger partial charge in [-0.25, -0.2) is 4.98 Å². The van der Waals surface area contributed by atoms with Crippen molar-refractivity contribution in [3.05, 3.63) is 64.7 Å². The molecule has 3 aromatic rings. The Bertz CT molecular complexity index is 872. The number of thiazole rings is 1. The molecule has 0 aliphatic carbocycles. The second-order valence-corrected chi connectivity index (χ2v) is 7.81. The first-order valence-corrected chi connectivity index (χ1v) is 9.49. The molecule has 1 atom stereocenters. The van der Waals surface area contributed by atoms with Gasteiger partial charge >= 0.3 is 0 Å². The Balaban J connectivity index is 1.38. The lowest BCUT2D eigenvalue weighted by molar-refractivity contribution is -0.908. The lowest BCUT2D eigenvalue weighted by atomic mass is 10.00. The quantitative estimate of drug-likeness (QED) is 0.779. The van der Waals surface area contributed by atoms with Gasteiger partial charge in [0.05, 0.1) is 23.3 Å². The molecule has 1 unspecified atom stereocenters. The van der Waals surface area contributed by atoms with Crippen LogP contribution >= 0.6 is 11.3 Å². The normalized spacial score (nSPS) is 16.6. The summed E-state index contributed by atoms with van der Waals surface area (Å²) in [5.74, 6) is 0.189. The molecule has 1 aromatic heterocycles. The van der Waals surface area contributed by atoms with E-state index >= 15 is 0 Å². The highest BCUT2D eigenvalue weighted by Crippen LogP contribution is 2.22. The van der Waals surface area contributed by atoms with Crippen molar-refractivity contribution in [2.24, 2.45) is 0 Å². The van der Waals surface area contributed by atoms with E-state index in [1.54, 1.807) is 11.3 Å². The van der Waals surface area contributed by atoms with Crippen LogP contribution in [0.4, 0.5) is 0 Å². The summed E-state index contributed by atoms with van der Waals surface area (Å²) >= 11 is 1.67. The predicted octanol–water partition coefficient (Wildman–Crippen LogP) is 1.90. The van der Waals surface area contributed by atoms with E-state index in [4.69, 9.17) is 0 Å². The van der Waals surface area contributed by atoms with Gasteiger partial charge in [-0.15, -0.1) is 11.3 Å². The summed E-state index contributed by atoms with van der Waals surface area (Å²) in [5, 5.41) is 0.996. The minimum Gasteiger partial charge on any atom is -0.334 e. The van der Waals surface area contributed by atoms with E-state index in [9.17, 15) is 4.79 Å². The van der Waals surface area contributed by atoms with Gasteiger partial charge in [-0.1, -0.05) is 36.4 Å². The molecular formula is C20H22N3OS+. The van der Waals surface area contributed by atoms with Gasteiger partial charge in [0.2, 0.25) is 0 Å². The molecule has 2 aromatic carbocycles. The van der Waals surface area contributed by atoms with Gasteiger partial charge in [0.1, 0.15) is 11.6 Å². The zero-order valence-corrected chi connectivity index (χ0v) is 15.2. The number of amides is 1. The van der Waals surface area contributed by atoms with Crippen LogP contribution in [0.15, 0.2) is 48.5 Å². The largest absolute Gasteiger partial charge is 0.334 e. The summed E-state index contributed by atoms with van der Waals surface area (Å²) < 4.78 is 1.18. The number of nitrogens with one attached hydrogen (secondary N) is 1. The number of quaternary nitrogens is 1. The van der Waals surface area contributed by atoms with Gasteiger partial charge in [0.15, 0.2) is 6.54 Å². The maximum Gasteiger partial charge on any atom is 0.277 e. The van der Waals surface area contributed by atoms with Crippen molar-refractivity contribution >= 4 is 27.5 Å². The molecular weight excluding hydrogens is 330 g/mol. The summed E-state index contributed by atoms with van der Waals surface area (Å²) in [6.45, 7) is 3.10. The van der Waals surface area contributed by atoms with Gasteiger partial charge < -0.3 is 9.80 Å². The van der Waals surface area contributed by atoms with Crippen LogP contribution in [0.2, 0.25) is 0 Å². The first-order valence-electron chi connectivity index (χ1n) is 8.68. The number of hydrogen-bond acceptors (Lipinski definition) is 3. The van der Waals surface area contributed by atoms with Crippen LogP contribution in [0.3, 0.4) is 0 Å². The second-order valence-electron chi connectivity index (χ2n) is 6.70. The number of para-hydroxylation sites is 1. The Hall–Kier alpha value is -2.24. The smallest absolute Gasteiger partial charge is 0.277 e. The van der Waals surface area contributed by atoms with Crippen LogP contribution in [0.5, 0.6) is 0 Å². The molecule has 1 aliphatic rings. The summed E-state index contributed by atoms with van der Waals surface area (Å²) in [6, 6.07) is 16.7. The number of hydrogen-bond donors (Lipinski definition) is 1. The first kappa shape index (κ1) is 16.2. The molecule has 0 fully saturated rings. The fraction of sp³-hybridized carbons (Fsp3) is 0.300. The number of benzene rings is 2. The Labute approximate surface area is 151 Å². The third-order valence-electron chi connectivity index (χ3n) is 4.84. The number of likely N-dealkylation sites (N-methyl/N-ethyl adjacent to an activating group) is 1. The van der Waals surface area contributed by atoms with Crippen molar-refractivity contribution in [3.8, 4) is 0 Å². The van der Waals surface area contributed by atoms with E-state index in [0.29, 0.717) is 13.1 Å². The average molecular weight is 352 g/mol. The topological polar surface area (TPSA) is 37.6 Å². The molecule has 1 amide bonds. The van der Waals surface area contributed by atoms with E-state index in [2.05, 4.69) is 35.3 Å². The Morgan fingerprint density at radius 2 is 1.92 bits per heavy atom. The molecule has 0 spiro atoms. The maximum absolute atomic E-state index is 12.6. The summed E-state index contributed by atoms with van der Waals surface area (Å²) in [4.78, 5) is 20.4. The lowest BCUT2D eigenvalue weighted by Crippen LogP contribution is -3.12. The molecule has 1 aliphatic heterocycles. The van der Waals surface area contributed by atoms with Gasteiger partial charge in [-0.2, -0.15) is 0 Å². The SMILES string of the molecule is CN(Cc1nc2ccccc2s1)C(=O)C[NH+]1CCc2ccccc2C1. The monoisotopic (exact) mass is 352 g/mol. The maximum atomic E-state index is 12.6. The second kappa shape index (κ2) is 6.94. The fourth-order valence-electron chi connectivity index (χ4n) is 3.42. The first-order chi connectivity index (χ1) is 12.2. The molecule has 4 rings (SSSR count). The van der Waals surface area contributed by atoms with Gasteiger partial charge in [0.25, 0.3) is 5.91 Å². The minimum absolute atomic E-state index is 0.189. The third kappa shape index (κ3) is 3.57. The van der Waals surface area contributed by atoms with Crippen molar-refractivity contribution in [1.82, 2.24) is 9.88 Å². The van der Waals surface area contributed by atoms with E-state index < -0.39 is 0 Å². The molecule has 1 N–H and O–H groups in total. The fourth-order valence-corrected chi connectivity index (χ4v) is 4.44. The molecule has 0 saturated carbocycles. The van der Waals surface area contributed by atoms with Crippen LogP contribution in [-0.4, -0.2) is 35.9 Å². The van der Waals surface area contributed by atoms with Crippen molar-refractivity contribution < 1.29 is 9.69 Å². The summed E-state index contributed by atoms with van der Waals surface area (Å²) in [7, 11) is 1.88. The molecule has 0 bridgehead atoms. The standard InChI is InChI=1S/C20H21N3OS/c1-22(13-19-21-17-8-4-5-9-18(17)25-19)20(24)14-23-11-10-15-6-2-3-7-16(15)12-23/h2-9H,10-14H2,1H3/p+1. The Morgan fingerprint density at radius 3 is 2.76 bits per heavy atom. The zero-order chi connectivity index (χ0) is 17.2. The van der Waals surface area contributed by atoms with Crippen LogP contribution in [-0.2, 0) is 24.3 Å². The Kier molecular flexibility index (Phi) is 4.51. The highest BCUT2D eigenvalue weighted by molar-refractivity contribution is 7.18. The van der Waals surface area contributed by atoms with Crippen LogP contribution in [0.1, 0.15) is 16.1 Å². The predicted molar refractivity (Wildman–Crippen MR) is 101 cm³/mol. The van der Waals surface area contributed by atoms with Crippen molar-refractivity contribution in [2.75, 3.05) is 20.1 Å². The molecule has 0 radical (unpaired) electrons. The van der Waals surface area contributed by atoms with E-state index in [1.165, 1.54) is 20.7 Å². The minimum atomic E-state index is 0.189. The molecule has 4 nitrogen and oxygen atoms in total. The number of carbonyl (C=O) groups excluding carboxylic acids is 1. The highest BCUT2D eigenvalue weighted by Gasteiger charge is 2.23. The summed E-state index contributed by atoms with van der Waals surface area (Å²) in [5.41, 5.74) is 3.83. The third-order valence-corrected chi connectivity index (χ3v) is 5.87. The zero-order valence-electron chi connectivity index (χ0n) is 14.4. The van der Waals surface area contributed by atoms with E-state index in [0.717, 1.165) is 30.0 Å². The van der Waals surface area contributed by atoms with Crippen LogP contribution < -0.4 is 4.90 Å². The number of aromatic nitrogens is 1. The van der Waals surface area contributed by atoms with Crippen LogP contribution in [0.25, 0.3) is 10.2 Å².